The van der Waals surface area contributed by atoms with E-state index < -0.39 is 0 Å². The van der Waals surface area contributed by atoms with Crippen molar-refractivity contribution in [2.45, 2.75) is 24.4 Å². The molecule has 0 amide bonds. The van der Waals surface area contributed by atoms with Gasteiger partial charge in [-0.05, 0) is 24.3 Å². The summed E-state index contributed by atoms with van der Waals surface area (Å²) in [5, 5.41) is 0. The van der Waals surface area contributed by atoms with Crippen molar-refractivity contribution in [2.75, 3.05) is 13.2 Å². The molecule has 0 aliphatic carbocycles. The zero-order valence-electron chi connectivity index (χ0n) is 10.2. The van der Waals surface area contributed by atoms with E-state index in [2.05, 4.69) is 0 Å². The topological polar surface area (TPSA) is 60.6 Å². The van der Waals surface area contributed by atoms with E-state index in [0.29, 0.717) is 13.2 Å². The SMILES string of the molecule is c1coc(C(OC(c2ccco2)C2CO2)C2CO2)c1. The second-order valence-corrected chi connectivity index (χ2v) is 4.75. The summed E-state index contributed by atoms with van der Waals surface area (Å²) in [6.07, 6.45) is 2.97. The van der Waals surface area contributed by atoms with Crippen molar-refractivity contribution in [3.63, 3.8) is 0 Å². The molecule has 0 aromatic carbocycles. The van der Waals surface area contributed by atoms with Gasteiger partial charge in [0, 0.05) is 0 Å². The van der Waals surface area contributed by atoms with Crippen LogP contribution in [0.3, 0.4) is 0 Å². The van der Waals surface area contributed by atoms with Gasteiger partial charge in [0.15, 0.2) is 0 Å². The Morgan fingerprint density at radius 1 is 0.895 bits per heavy atom. The Bertz CT molecular complexity index is 462. The molecule has 2 aliphatic rings. The van der Waals surface area contributed by atoms with E-state index in [1.54, 1.807) is 12.5 Å². The lowest BCUT2D eigenvalue weighted by molar-refractivity contribution is -0.0602. The lowest BCUT2D eigenvalue weighted by atomic mass is 10.1. The van der Waals surface area contributed by atoms with E-state index >= 15 is 0 Å². The van der Waals surface area contributed by atoms with E-state index in [-0.39, 0.29) is 24.4 Å². The average molecular weight is 262 g/mol. The van der Waals surface area contributed by atoms with Crippen LogP contribution in [0.4, 0.5) is 0 Å². The molecule has 4 atom stereocenters. The van der Waals surface area contributed by atoms with Gasteiger partial charge in [0.1, 0.15) is 35.9 Å². The molecule has 0 N–H and O–H groups in total. The van der Waals surface area contributed by atoms with Crippen molar-refractivity contribution in [2.24, 2.45) is 0 Å². The molecule has 2 aliphatic heterocycles. The fourth-order valence-electron chi connectivity index (χ4n) is 2.20. The molecule has 0 radical (unpaired) electrons. The van der Waals surface area contributed by atoms with Crippen molar-refractivity contribution < 1.29 is 23.0 Å². The maximum Gasteiger partial charge on any atom is 0.144 e. The monoisotopic (exact) mass is 262 g/mol. The molecule has 19 heavy (non-hydrogen) atoms. The van der Waals surface area contributed by atoms with Crippen LogP contribution in [0.1, 0.15) is 23.7 Å². The van der Waals surface area contributed by atoms with E-state index in [4.69, 9.17) is 23.0 Å². The first kappa shape index (κ1) is 11.3. The van der Waals surface area contributed by atoms with Crippen LogP contribution in [0, 0.1) is 0 Å². The van der Waals surface area contributed by atoms with Crippen LogP contribution in [0.5, 0.6) is 0 Å². The number of ether oxygens (including phenoxy) is 3. The van der Waals surface area contributed by atoms with Crippen LogP contribution in [0.2, 0.25) is 0 Å². The van der Waals surface area contributed by atoms with Crippen LogP contribution in [0.15, 0.2) is 45.6 Å². The smallest absolute Gasteiger partial charge is 0.144 e. The third-order valence-electron chi connectivity index (χ3n) is 3.33. The van der Waals surface area contributed by atoms with Gasteiger partial charge in [0.05, 0.1) is 25.7 Å². The third kappa shape index (κ3) is 2.32. The first-order valence-electron chi connectivity index (χ1n) is 6.37. The summed E-state index contributed by atoms with van der Waals surface area (Å²) in [6.45, 7) is 1.39. The molecule has 2 aromatic rings. The molecule has 2 fully saturated rings. The molecular weight excluding hydrogens is 248 g/mol. The van der Waals surface area contributed by atoms with Gasteiger partial charge in [0.2, 0.25) is 0 Å². The van der Waals surface area contributed by atoms with Crippen molar-refractivity contribution in [3.8, 4) is 0 Å². The Labute approximate surface area is 110 Å². The second kappa shape index (κ2) is 4.52. The van der Waals surface area contributed by atoms with Gasteiger partial charge in [0.25, 0.3) is 0 Å². The van der Waals surface area contributed by atoms with Gasteiger partial charge < -0.3 is 23.0 Å². The molecule has 100 valence electrons. The average Bonchev–Trinajstić information content (AvgIpc) is 3.32. The minimum atomic E-state index is -0.214. The van der Waals surface area contributed by atoms with Gasteiger partial charge in [-0.1, -0.05) is 0 Å². The molecule has 4 rings (SSSR count). The summed E-state index contributed by atoms with van der Waals surface area (Å²) in [4.78, 5) is 0. The Kier molecular flexibility index (Phi) is 2.69. The highest BCUT2D eigenvalue weighted by atomic mass is 16.6. The maximum absolute atomic E-state index is 6.15. The summed E-state index contributed by atoms with van der Waals surface area (Å²) in [5.74, 6) is 1.56. The molecule has 5 heteroatoms. The molecule has 0 saturated carbocycles. The van der Waals surface area contributed by atoms with E-state index in [1.165, 1.54) is 0 Å². The lowest BCUT2D eigenvalue weighted by Gasteiger charge is -2.19. The lowest BCUT2D eigenvalue weighted by Crippen LogP contribution is -2.18. The quantitative estimate of drug-likeness (QED) is 0.748. The van der Waals surface area contributed by atoms with Gasteiger partial charge in [-0.15, -0.1) is 0 Å². The Morgan fingerprint density at radius 3 is 1.68 bits per heavy atom. The maximum atomic E-state index is 6.15. The summed E-state index contributed by atoms with van der Waals surface area (Å²) in [7, 11) is 0. The van der Waals surface area contributed by atoms with Gasteiger partial charge in [-0.2, -0.15) is 0 Å². The van der Waals surface area contributed by atoms with Crippen LogP contribution in [-0.4, -0.2) is 25.4 Å². The van der Waals surface area contributed by atoms with Gasteiger partial charge in [-0.3, -0.25) is 0 Å². The van der Waals surface area contributed by atoms with Crippen molar-refractivity contribution in [3.05, 3.63) is 48.3 Å². The Hall–Kier alpha value is -1.56. The van der Waals surface area contributed by atoms with Crippen LogP contribution in [-0.2, 0) is 14.2 Å². The molecular formula is C14H14O5. The predicted octanol–water partition coefficient (Wildman–Crippen LogP) is 2.47. The standard InChI is InChI=1S/C14H14O5/c1-3-9(15-5-1)13(11-7-17-11)19-14(12-8-18-12)10-4-2-6-16-10/h1-6,11-14H,7-8H2. The summed E-state index contributed by atoms with van der Waals surface area (Å²) >= 11 is 0. The Morgan fingerprint density at radius 2 is 1.37 bits per heavy atom. The molecule has 2 saturated heterocycles. The first-order valence-corrected chi connectivity index (χ1v) is 6.37. The highest BCUT2D eigenvalue weighted by molar-refractivity contribution is 5.10. The van der Waals surface area contributed by atoms with Gasteiger partial charge in [-0.25, -0.2) is 0 Å². The number of hydrogen-bond donors (Lipinski definition) is 0. The normalized spacial score (nSPS) is 28.0. The number of furan rings is 2. The minimum absolute atomic E-state index is 0.0577. The zero-order chi connectivity index (χ0) is 12.7. The first-order chi connectivity index (χ1) is 9.42. The summed E-state index contributed by atoms with van der Waals surface area (Å²) < 4.78 is 27.7. The van der Waals surface area contributed by atoms with Crippen LogP contribution < -0.4 is 0 Å². The molecule has 2 aromatic heterocycles. The molecule has 4 unspecified atom stereocenters. The predicted molar refractivity (Wildman–Crippen MR) is 63.5 cm³/mol. The fourth-order valence-corrected chi connectivity index (χ4v) is 2.20. The molecule has 5 nitrogen and oxygen atoms in total. The summed E-state index contributed by atoms with van der Waals surface area (Å²) in [6, 6.07) is 7.51. The summed E-state index contributed by atoms with van der Waals surface area (Å²) in [5.41, 5.74) is 0. The van der Waals surface area contributed by atoms with Crippen molar-refractivity contribution in [1.82, 2.24) is 0 Å². The van der Waals surface area contributed by atoms with Gasteiger partial charge >= 0.3 is 0 Å². The second-order valence-electron chi connectivity index (χ2n) is 4.75. The number of rotatable bonds is 6. The van der Waals surface area contributed by atoms with Crippen molar-refractivity contribution in [1.29, 1.82) is 0 Å². The zero-order valence-corrected chi connectivity index (χ0v) is 10.2. The van der Waals surface area contributed by atoms with Crippen LogP contribution in [0.25, 0.3) is 0 Å². The molecule has 4 heterocycles. The highest BCUT2D eigenvalue weighted by Gasteiger charge is 2.44. The fraction of sp³-hybridized carbons (Fsp3) is 0.429. The van der Waals surface area contributed by atoms with E-state index in [1.807, 2.05) is 24.3 Å². The largest absolute Gasteiger partial charge is 0.466 e. The van der Waals surface area contributed by atoms with E-state index in [0.717, 1.165) is 11.5 Å². The van der Waals surface area contributed by atoms with E-state index in [9.17, 15) is 0 Å². The number of epoxide rings is 2. The third-order valence-corrected chi connectivity index (χ3v) is 3.33. The van der Waals surface area contributed by atoms with Crippen LogP contribution >= 0.6 is 0 Å². The Balaban J connectivity index is 1.56. The number of hydrogen-bond acceptors (Lipinski definition) is 5. The highest BCUT2D eigenvalue weighted by Crippen LogP contribution is 2.40. The molecule has 0 bridgehead atoms. The minimum Gasteiger partial charge on any atom is -0.466 e. The molecule has 0 spiro atoms. The van der Waals surface area contributed by atoms with Crippen molar-refractivity contribution >= 4 is 0 Å².